The van der Waals surface area contributed by atoms with Crippen LogP contribution in [0.15, 0.2) is 66.0 Å². The summed E-state index contributed by atoms with van der Waals surface area (Å²) in [7, 11) is 1.81. The van der Waals surface area contributed by atoms with Gasteiger partial charge < -0.3 is 20.3 Å². The second-order valence-electron chi connectivity index (χ2n) is 9.70. The zero-order valence-electron chi connectivity index (χ0n) is 23.2. The minimum absolute atomic E-state index is 0.155. The fourth-order valence-electron chi connectivity index (χ4n) is 4.78. The van der Waals surface area contributed by atoms with E-state index >= 15 is 0 Å². The smallest absolute Gasteiger partial charge is 0.417 e. The molecule has 0 aliphatic carbocycles. The average Bonchev–Trinajstić information content (AvgIpc) is 3.63. The number of anilines is 2. The molecule has 1 amide bonds. The molecule has 0 unspecified atom stereocenters. The van der Waals surface area contributed by atoms with Crippen LogP contribution in [0.25, 0.3) is 22.5 Å². The molecule has 0 atom stereocenters. The summed E-state index contributed by atoms with van der Waals surface area (Å²) in [5.41, 5.74) is 3.61. The second-order valence-corrected chi connectivity index (χ2v) is 10.1. The molecule has 0 saturated carbocycles. The summed E-state index contributed by atoms with van der Waals surface area (Å²) in [4.78, 5) is 34.8. The summed E-state index contributed by atoms with van der Waals surface area (Å²) in [6.45, 7) is 3.06. The Balaban J connectivity index is 0.00000123. The van der Waals surface area contributed by atoms with Gasteiger partial charge in [-0.2, -0.15) is 23.3 Å². The van der Waals surface area contributed by atoms with Gasteiger partial charge in [-0.05, 0) is 54.4 Å². The number of hydrogen-bond acceptors (Lipinski definition) is 7. The minimum Gasteiger partial charge on any atom is -0.483 e. The summed E-state index contributed by atoms with van der Waals surface area (Å²) in [6.07, 6.45) is 0.439. The highest BCUT2D eigenvalue weighted by molar-refractivity contribution is 6.31. The van der Waals surface area contributed by atoms with Crippen LogP contribution in [-0.4, -0.2) is 48.3 Å². The highest BCUT2D eigenvalue weighted by Gasteiger charge is 2.34. The number of nitrogens with zero attached hydrogens (tertiary/aromatic N) is 6. The van der Waals surface area contributed by atoms with Gasteiger partial charge in [-0.3, -0.25) is 14.3 Å². The first-order chi connectivity index (χ1) is 21.0. The number of fused-ring (bicyclic) bond motifs is 3. The van der Waals surface area contributed by atoms with Gasteiger partial charge >= 0.3 is 6.18 Å². The Morgan fingerprint density at radius 1 is 1.16 bits per heavy atom. The van der Waals surface area contributed by atoms with Gasteiger partial charge in [-0.25, -0.2) is 9.98 Å². The van der Waals surface area contributed by atoms with Crippen LogP contribution in [0.2, 0.25) is 5.02 Å². The lowest BCUT2D eigenvalue weighted by Crippen LogP contribution is -2.17. The van der Waals surface area contributed by atoms with Gasteiger partial charge in [-0.15, -0.1) is 0 Å². The third-order valence-corrected chi connectivity index (χ3v) is 7.06. The molecule has 0 spiro atoms. The molecule has 0 fully saturated rings. The van der Waals surface area contributed by atoms with Gasteiger partial charge in [0.05, 0.1) is 23.0 Å². The van der Waals surface area contributed by atoms with Gasteiger partial charge in [0.2, 0.25) is 0 Å². The van der Waals surface area contributed by atoms with Crippen molar-refractivity contribution in [1.29, 1.82) is 0 Å². The maximum Gasteiger partial charge on any atom is 0.417 e. The number of alkyl halides is 3. The predicted molar refractivity (Wildman–Crippen MR) is 157 cm³/mol. The van der Waals surface area contributed by atoms with E-state index in [9.17, 15) is 18.0 Å². The molecule has 0 radical (unpaired) electrons. The van der Waals surface area contributed by atoms with Crippen LogP contribution in [0.4, 0.5) is 30.4 Å². The number of carbonyl (C=O) groups excluding carboxylic acids is 1. The minimum atomic E-state index is -4.68. The molecular weight excluding hydrogens is 601 g/mol. The second kappa shape index (κ2) is 12.2. The fourth-order valence-corrected chi connectivity index (χ4v) is 5.00. The van der Waals surface area contributed by atoms with Crippen molar-refractivity contribution in [1.82, 2.24) is 24.3 Å². The Hall–Kier alpha value is -5.24. The molecule has 15 heteroatoms. The standard InChI is InChI=1S/C28H22ClF3N8O.CH2O2/c1-15-3-5-18(36-26(41)16-4-6-23(29)22(10-16)28(30,31)32)11-20(15)21-9-17-12-34-27(37-19-13-35-39(2)14-19)38-24(17)40-8-7-33-25(21)40;2-1-3/h3-6,9-14,33H,7-8H2,1-2H3,(H,36,41);1H,(H,2,3). The number of hydrogen-bond donors (Lipinski definition) is 3. The van der Waals surface area contributed by atoms with E-state index in [1.165, 1.54) is 6.07 Å². The molecule has 0 bridgehead atoms. The van der Waals surface area contributed by atoms with Gasteiger partial charge in [0.25, 0.3) is 18.0 Å². The van der Waals surface area contributed by atoms with Crippen LogP contribution in [-0.2, 0) is 24.6 Å². The summed E-state index contributed by atoms with van der Waals surface area (Å²) in [6, 6.07) is 10.4. The number of carbonyl (C=O) groups is 2. The third-order valence-electron chi connectivity index (χ3n) is 6.73. The Kier molecular flexibility index (Phi) is 8.36. The normalized spacial score (nSPS) is 12.7. The van der Waals surface area contributed by atoms with E-state index in [1.807, 2.05) is 19.1 Å². The molecule has 3 N–H and O–H groups in total. The molecule has 0 saturated heterocycles. The van der Waals surface area contributed by atoms with E-state index in [-0.39, 0.29) is 12.0 Å². The molecule has 1 aromatic heterocycles. The molecule has 6 rings (SSSR count). The Bertz CT molecular complexity index is 1920. The largest absolute Gasteiger partial charge is 0.483 e. The molecule has 3 aliphatic rings. The summed E-state index contributed by atoms with van der Waals surface area (Å²) < 4.78 is 43.6. The van der Waals surface area contributed by atoms with Gasteiger partial charge in [-0.1, -0.05) is 17.7 Å². The lowest BCUT2D eigenvalue weighted by molar-refractivity contribution is -0.137. The predicted octanol–water partition coefficient (Wildman–Crippen LogP) is 5.38. The quantitative estimate of drug-likeness (QED) is 0.228. The van der Waals surface area contributed by atoms with Crippen molar-refractivity contribution >= 4 is 41.2 Å². The van der Waals surface area contributed by atoms with Crippen LogP contribution < -0.4 is 16.3 Å². The van der Waals surface area contributed by atoms with Gasteiger partial charge in [0.15, 0.2) is 0 Å². The maximum atomic E-state index is 13.3. The number of nitrogens with one attached hydrogen (secondary N) is 2. The SMILES string of the molecule is Cc1ccc(NC(=O)c2ccc(Cl)c(C(F)(F)F)c2)cc1-c1cc2cnc(=Nc3cnn(C)c3)nc-2n2c1NCC2.O=CO. The third kappa shape index (κ3) is 6.24. The van der Waals surface area contributed by atoms with Crippen LogP contribution in [0, 0.1) is 6.92 Å². The molecule has 44 heavy (non-hydrogen) atoms. The molecule has 2 aromatic carbocycles. The monoisotopic (exact) mass is 624 g/mol. The fraction of sp³-hybridized carbons (Fsp3) is 0.172. The molecule has 4 heterocycles. The first kappa shape index (κ1) is 30.2. The maximum absolute atomic E-state index is 13.3. The molecular formula is C29H24ClF3N8O3. The zero-order valence-corrected chi connectivity index (χ0v) is 24.0. The molecule has 226 valence electrons. The highest BCUT2D eigenvalue weighted by Crippen LogP contribution is 2.39. The number of carboxylic acid groups (broad SMARTS) is 1. The van der Waals surface area contributed by atoms with Crippen LogP contribution in [0.5, 0.6) is 0 Å². The van der Waals surface area contributed by atoms with Crippen LogP contribution >= 0.6 is 11.6 Å². The van der Waals surface area contributed by atoms with Gasteiger partial charge in [0.1, 0.15) is 17.3 Å². The Labute approximate surface area is 253 Å². The van der Waals surface area contributed by atoms with Crippen molar-refractivity contribution in [2.45, 2.75) is 19.6 Å². The average molecular weight is 625 g/mol. The van der Waals surface area contributed by atoms with E-state index in [1.54, 1.807) is 42.5 Å². The first-order valence-electron chi connectivity index (χ1n) is 13.0. The topological polar surface area (TPSA) is 139 Å². The van der Waals surface area contributed by atoms with Crippen LogP contribution in [0.3, 0.4) is 0 Å². The van der Waals surface area contributed by atoms with Crippen molar-refractivity contribution in [3.8, 4) is 22.5 Å². The number of aryl methyl sites for hydroxylation is 2. The number of rotatable bonds is 4. The van der Waals surface area contributed by atoms with E-state index < -0.39 is 22.7 Å². The van der Waals surface area contributed by atoms with Crippen molar-refractivity contribution in [3.05, 3.63) is 88.4 Å². The van der Waals surface area contributed by atoms with Crippen molar-refractivity contribution in [3.63, 3.8) is 0 Å². The highest BCUT2D eigenvalue weighted by atomic mass is 35.5. The summed E-state index contributed by atoms with van der Waals surface area (Å²) in [5, 5.41) is 16.7. The van der Waals surface area contributed by atoms with E-state index in [2.05, 4.69) is 30.3 Å². The van der Waals surface area contributed by atoms with E-state index in [0.29, 0.717) is 30.1 Å². The number of amides is 1. The number of halogens is 4. The Morgan fingerprint density at radius 3 is 2.64 bits per heavy atom. The number of benzene rings is 2. The summed E-state index contributed by atoms with van der Waals surface area (Å²) in [5.74, 6) is 0.885. The zero-order chi connectivity index (χ0) is 31.6. The lowest BCUT2D eigenvalue weighted by Gasteiger charge is -2.19. The van der Waals surface area contributed by atoms with Crippen LogP contribution in [0.1, 0.15) is 21.5 Å². The van der Waals surface area contributed by atoms with Gasteiger partial charge in [0, 0.05) is 48.7 Å². The van der Waals surface area contributed by atoms with Crippen molar-refractivity contribution in [2.24, 2.45) is 12.0 Å². The van der Waals surface area contributed by atoms with E-state index in [4.69, 9.17) is 26.5 Å². The molecule has 3 aromatic rings. The molecule has 11 nitrogen and oxygen atoms in total. The summed E-state index contributed by atoms with van der Waals surface area (Å²) >= 11 is 5.71. The molecule has 3 aliphatic heterocycles. The number of pyridine rings is 1. The van der Waals surface area contributed by atoms with Crippen molar-refractivity contribution < 1.29 is 27.9 Å². The lowest BCUT2D eigenvalue weighted by atomic mass is 9.98. The van der Waals surface area contributed by atoms with Crippen molar-refractivity contribution in [2.75, 3.05) is 17.2 Å². The van der Waals surface area contributed by atoms with E-state index in [0.717, 1.165) is 46.0 Å². The first-order valence-corrected chi connectivity index (χ1v) is 13.4. The number of aromatic nitrogens is 5. The Morgan fingerprint density at radius 2 is 1.93 bits per heavy atom.